The number of nitro groups is 1. The maximum Gasteiger partial charge on any atom is 0.296 e. The van der Waals surface area contributed by atoms with Crippen LogP contribution in [0.25, 0.3) is 0 Å². The van der Waals surface area contributed by atoms with E-state index in [1.165, 1.54) is 42.5 Å². The van der Waals surface area contributed by atoms with Gasteiger partial charge in [-0.15, -0.1) is 0 Å². The molecule has 0 unspecified atom stereocenters. The fraction of sp³-hybridized carbons (Fsp3) is 0. The number of nitro benzene ring substituents is 1. The molecule has 0 atom stereocenters. The molecule has 8 nitrogen and oxygen atoms in total. The van der Waals surface area contributed by atoms with Crippen LogP contribution in [0.4, 0.5) is 22.7 Å². The third-order valence-corrected chi connectivity index (χ3v) is 3.57. The lowest BCUT2D eigenvalue weighted by atomic mass is 10.2. The molecule has 0 amide bonds. The Morgan fingerprint density at radius 2 is 1.67 bits per heavy atom. The summed E-state index contributed by atoms with van der Waals surface area (Å²) in [6, 6.07) is 9.59. The molecule has 21 heavy (non-hydrogen) atoms. The first kappa shape index (κ1) is 14.8. The second-order valence-electron chi connectivity index (χ2n) is 4.16. The molecule has 0 aliphatic heterocycles. The Labute approximate surface area is 120 Å². The molecule has 0 spiro atoms. The van der Waals surface area contributed by atoms with E-state index in [1.807, 2.05) is 0 Å². The lowest BCUT2D eigenvalue weighted by molar-refractivity contribution is -0.384. The summed E-state index contributed by atoms with van der Waals surface area (Å²) in [4.78, 5) is 9.61. The van der Waals surface area contributed by atoms with E-state index in [1.54, 1.807) is 0 Å². The molecule has 0 fully saturated rings. The summed E-state index contributed by atoms with van der Waals surface area (Å²) >= 11 is 0. The minimum Gasteiger partial charge on any atom is -0.398 e. The van der Waals surface area contributed by atoms with Gasteiger partial charge in [-0.05, 0) is 30.3 Å². The number of rotatable bonds is 4. The van der Waals surface area contributed by atoms with E-state index in [0.29, 0.717) is 11.4 Å². The zero-order chi connectivity index (χ0) is 15.6. The smallest absolute Gasteiger partial charge is 0.296 e. The van der Waals surface area contributed by atoms with Gasteiger partial charge in [0.25, 0.3) is 15.8 Å². The zero-order valence-electron chi connectivity index (χ0n) is 10.6. The van der Waals surface area contributed by atoms with Crippen LogP contribution in [-0.4, -0.2) is 17.9 Å². The highest BCUT2D eigenvalue weighted by atomic mass is 32.2. The predicted molar refractivity (Wildman–Crippen MR) is 77.0 cm³/mol. The van der Waals surface area contributed by atoms with E-state index < -0.39 is 19.9 Å². The summed E-state index contributed by atoms with van der Waals surface area (Å²) in [7, 11) is -4.42. The van der Waals surface area contributed by atoms with E-state index in [4.69, 9.17) is 10.3 Å². The molecule has 0 aromatic heterocycles. The van der Waals surface area contributed by atoms with Crippen molar-refractivity contribution in [3.05, 3.63) is 52.6 Å². The van der Waals surface area contributed by atoms with E-state index in [0.717, 1.165) is 0 Å². The standard InChI is InChI=1S/C12H11N3O5S/c13-11-6-3-9(7-12(11)21(18,19)20)14-8-1-4-10(5-2-8)15(16)17/h1-7,14H,13H2,(H,18,19,20). The fourth-order valence-corrected chi connectivity index (χ4v) is 2.31. The van der Waals surface area contributed by atoms with Gasteiger partial charge in [-0.2, -0.15) is 8.42 Å². The summed E-state index contributed by atoms with van der Waals surface area (Å²) in [6.45, 7) is 0. The quantitative estimate of drug-likeness (QED) is 0.341. The third kappa shape index (κ3) is 3.46. The molecule has 4 N–H and O–H groups in total. The number of nitrogens with one attached hydrogen (secondary N) is 1. The first-order chi connectivity index (χ1) is 9.77. The summed E-state index contributed by atoms with van der Waals surface area (Å²) in [5.41, 5.74) is 6.23. The number of benzene rings is 2. The van der Waals surface area contributed by atoms with Crippen molar-refractivity contribution in [1.82, 2.24) is 0 Å². The van der Waals surface area contributed by atoms with Crippen LogP contribution >= 0.6 is 0 Å². The van der Waals surface area contributed by atoms with Gasteiger partial charge in [0.1, 0.15) is 4.90 Å². The second-order valence-corrected chi connectivity index (χ2v) is 5.55. The Morgan fingerprint density at radius 3 is 2.19 bits per heavy atom. The van der Waals surface area contributed by atoms with Gasteiger partial charge in [-0.3, -0.25) is 14.7 Å². The predicted octanol–water partition coefficient (Wildman–Crippen LogP) is 2.17. The van der Waals surface area contributed by atoms with Crippen LogP contribution in [-0.2, 0) is 10.1 Å². The van der Waals surface area contributed by atoms with Gasteiger partial charge < -0.3 is 11.1 Å². The average Bonchev–Trinajstić information content (AvgIpc) is 2.40. The van der Waals surface area contributed by atoms with Gasteiger partial charge in [-0.1, -0.05) is 0 Å². The number of nitrogen functional groups attached to an aromatic ring is 1. The molecule has 110 valence electrons. The van der Waals surface area contributed by atoms with Crippen LogP contribution in [0.5, 0.6) is 0 Å². The number of hydrogen-bond donors (Lipinski definition) is 3. The summed E-state index contributed by atoms with van der Waals surface area (Å²) in [5, 5.41) is 13.4. The van der Waals surface area contributed by atoms with Gasteiger partial charge in [0.05, 0.1) is 10.6 Å². The number of hydrogen-bond acceptors (Lipinski definition) is 6. The molecule has 0 bridgehead atoms. The fourth-order valence-electron chi connectivity index (χ4n) is 1.67. The van der Waals surface area contributed by atoms with Gasteiger partial charge in [0.2, 0.25) is 0 Å². The van der Waals surface area contributed by atoms with Gasteiger partial charge >= 0.3 is 0 Å². The highest BCUT2D eigenvalue weighted by Gasteiger charge is 2.14. The number of anilines is 3. The van der Waals surface area contributed by atoms with Crippen LogP contribution in [0.1, 0.15) is 0 Å². The lowest BCUT2D eigenvalue weighted by Gasteiger charge is -2.09. The number of nitrogens with two attached hydrogens (primary N) is 1. The first-order valence-corrected chi connectivity index (χ1v) is 7.10. The average molecular weight is 309 g/mol. The van der Waals surface area contributed by atoms with Crippen LogP contribution in [0.3, 0.4) is 0 Å². The highest BCUT2D eigenvalue weighted by molar-refractivity contribution is 7.86. The lowest BCUT2D eigenvalue weighted by Crippen LogP contribution is -2.04. The highest BCUT2D eigenvalue weighted by Crippen LogP contribution is 2.25. The van der Waals surface area contributed by atoms with Crippen molar-refractivity contribution in [3.63, 3.8) is 0 Å². The molecule has 2 aromatic carbocycles. The molecular weight excluding hydrogens is 298 g/mol. The number of non-ortho nitro benzene ring substituents is 1. The molecular formula is C12H11N3O5S. The molecule has 2 aromatic rings. The Kier molecular flexibility index (Phi) is 3.78. The normalized spacial score (nSPS) is 11.1. The Hall–Kier alpha value is -2.65. The molecule has 0 aliphatic rings. The van der Waals surface area contributed by atoms with Crippen LogP contribution < -0.4 is 11.1 Å². The van der Waals surface area contributed by atoms with E-state index in [-0.39, 0.29) is 11.4 Å². The van der Waals surface area contributed by atoms with Gasteiger partial charge in [0.15, 0.2) is 0 Å². The van der Waals surface area contributed by atoms with Crippen molar-refractivity contribution >= 4 is 32.9 Å². The van der Waals surface area contributed by atoms with Gasteiger partial charge in [-0.25, -0.2) is 0 Å². The van der Waals surface area contributed by atoms with E-state index >= 15 is 0 Å². The van der Waals surface area contributed by atoms with Gasteiger partial charge in [0, 0.05) is 23.5 Å². The zero-order valence-corrected chi connectivity index (χ0v) is 11.4. The minimum atomic E-state index is -4.42. The first-order valence-electron chi connectivity index (χ1n) is 5.66. The second kappa shape index (κ2) is 5.38. The maximum absolute atomic E-state index is 11.2. The molecule has 0 radical (unpaired) electrons. The van der Waals surface area contributed by atoms with E-state index in [9.17, 15) is 18.5 Å². The number of nitrogens with zero attached hydrogens (tertiary/aromatic N) is 1. The Bertz CT molecular complexity index is 787. The minimum absolute atomic E-state index is 0.0588. The summed E-state index contributed by atoms with van der Waals surface area (Å²) < 4.78 is 31.3. The van der Waals surface area contributed by atoms with E-state index in [2.05, 4.69) is 5.32 Å². The molecule has 2 rings (SSSR count). The van der Waals surface area contributed by atoms with Crippen LogP contribution in [0.15, 0.2) is 47.4 Å². The summed E-state index contributed by atoms with van der Waals surface area (Å²) in [5.74, 6) is 0. The third-order valence-electron chi connectivity index (χ3n) is 2.66. The van der Waals surface area contributed by atoms with Crippen molar-refractivity contribution in [2.75, 3.05) is 11.1 Å². The topological polar surface area (TPSA) is 136 Å². The molecule has 0 saturated carbocycles. The van der Waals surface area contributed by atoms with Crippen molar-refractivity contribution in [2.24, 2.45) is 0 Å². The van der Waals surface area contributed by atoms with Crippen molar-refractivity contribution in [1.29, 1.82) is 0 Å². The largest absolute Gasteiger partial charge is 0.398 e. The molecule has 9 heteroatoms. The molecule has 0 heterocycles. The van der Waals surface area contributed by atoms with Crippen LogP contribution in [0, 0.1) is 10.1 Å². The molecule has 0 aliphatic carbocycles. The SMILES string of the molecule is Nc1ccc(Nc2ccc([N+](=O)[O-])cc2)cc1S(=O)(=O)O. The monoisotopic (exact) mass is 309 g/mol. The summed E-state index contributed by atoms with van der Waals surface area (Å²) in [6.07, 6.45) is 0. The molecule has 0 saturated heterocycles. The van der Waals surface area contributed by atoms with Crippen molar-refractivity contribution in [2.45, 2.75) is 4.90 Å². The Morgan fingerprint density at radius 1 is 1.10 bits per heavy atom. The maximum atomic E-state index is 11.2. The Balaban J connectivity index is 2.30. The van der Waals surface area contributed by atoms with Crippen LogP contribution in [0.2, 0.25) is 0 Å². The van der Waals surface area contributed by atoms with Crippen molar-refractivity contribution in [3.8, 4) is 0 Å². The van der Waals surface area contributed by atoms with Crippen molar-refractivity contribution < 1.29 is 17.9 Å².